The van der Waals surface area contributed by atoms with Gasteiger partial charge in [0.15, 0.2) is 0 Å². The molecule has 8 heteroatoms. The van der Waals surface area contributed by atoms with Crippen LogP contribution in [0.15, 0.2) is 0 Å². The number of aliphatic hydroxyl groups is 1. The van der Waals surface area contributed by atoms with E-state index in [1.54, 1.807) is 0 Å². The van der Waals surface area contributed by atoms with E-state index in [9.17, 15) is 0 Å². The van der Waals surface area contributed by atoms with Crippen LogP contribution < -0.4 is 0 Å². The predicted octanol–water partition coefficient (Wildman–Crippen LogP) is -3.15. The monoisotopic (exact) mass is 214 g/mol. The quantitative estimate of drug-likeness (QED) is 0.252. The summed E-state index contributed by atoms with van der Waals surface area (Å²) in [5, 5.41) is 7.00. The molecule has 0 aromatic carbocycles. The number of aliphatic hydroxyl groups excluding tert-OH is 1. The van der Waals surface area contributed by atoms with E-state index in [4.69, 9.17) is 24.4 Å². The summed E-state index contributed by atoms with van der Waals surface area (Å²) < 4.78 is 8.88. The third-order valence-electron chi connectivity index (χ3n) is 0. The molecule has 0 heterocycles. The minimum absolute atomic E-state index is 0. The van der Waals surface area contributed by atoms with Gasteiger partial charge in [-0.25, -0.2) is 4.57 Å². The maximum atomic E-state index is 8.88. The van der Waals surface area contributed by atoms with Crippen molar-refractivity contribution in [2.75, 3.05) is 7.11 Å². The molecule has 0 unspecified atom stereocenters. The molecule has 9 heavy (non-hydrogen) atoms. The molecule has 0 aromatic rings. The fourth-order valence-electron chi connectivity index (χ4n) is 0. The molecule has 4 N–H and O–H groups in total. The van der Waals surface area contributed by atoms with Crippen LogP contribution >= 0.6 is 7.82 Å². The van der Waals surface area contributed by atoms with Crippen molar-refractivity contribution in [2.45, 2.75) is 0 Å². The molecule has 0 aromatic heterocycles. The number of phosphoric acid groups is 1. The average molecular weight is 214 g/mol. The summed E-state index contributed by atoms with van der Waals surface area (Å²) in [4.78, 5) is 21.6. The molecule has 5 nitrogen and oxygen atoms in total. The van der Waals surface area contributed by atoms with E-state index < -0.39 is 7.82 Å². The molecule has 54 valence electrons. The van der Waals surface area contributed by atoms with Crippen LogP contribution in [0.4, 0.5) is 0 Å². The van der Waals surface area contributed by atoms with Gasteiger partial charge in [-0.05, 0) is 0 Å². The predicted molar refractivity (Wildman–Crippen MR) is 39.5 cm³/mol. The second-order valence-corrected chi connectivity index (χ2v) is 1.54. The second kappa shape index (κ2) is 13.2. The summed E-state index contributed by atoms with van der Waals surface area (Å²) in [5.74, 6) is 0. The first-order valence-corrected chi connectivity index (χ1v) is 2.79. The zero-order chi connectivity index (χ0) is 6.50. The minimum atomic E-state index is -4.64. The first kappa shape index (κ1) is 22.6. The van der Waals surface area contributed by atoms with Gasteiger partial charge < -0.3 is 19.8 Å². The topological polar surface area (TPSA) is 98.0 Å². The van der Waals surface area contributed by atoms with Crippen molar-refractivity contribution in [1.82, 2.24) is 0 Å². The van der Waals surface area contributed by atoms with Gasteiger partial charge in [0, 0.05) is 7.11 Å². The molecule has 0 spiro atoms. The standard InChI is InChI=1S/CH4O.2Ca.H3O4P.4H/c1-2;;;1-5(2,3)4;;;;/h2H,1H3;;;(H3,1,2,3,4);;;;. The van der Waals surface area contributed by atoms with Gasteiger partial charge in [0.25, 0.3) is 0 Å². The molecule has 0 aliphatic rings. The van der Waals surface area contributed by atoms with E-state index in [-0.39, 0.29) is 75.5 Å². The SMILES string of the molecule is CO.O=P(O)(O)O.[CaH2].[CaH2]. The number of hydrogen-bond donors (Lipinski definition) is 4. The van der Waals surface area contributed by atoms with E-state index in [0.717, 1.165) is 7.11 Å². The van der Waals surface area contributed by atoms with Crippen LogP contribution in [-0.2, 0) is 4.57 Å². The summed E-state index contributed by atoms with van der Waals surface area (Å²) >= 11 is 0. The van der Waals surface area contributed by atoms with Gasteiger partial charge in [-0.2, -0.15) is 0 Å². The summed E-state index contributed by atoms with van der Waals surface area (Å²) in [7, 11) is -3.64. The molecule has 0 aliphatic carbocycles. The van der Waals surface area contributed by atoms with Crippen molar-refractivity contribution in [1.29, 1.82) is 0 Å². The molecule has 0 bridgehead atoms. The first-order chi connectivity index (χ1) is 3.00. The molecule has 0 saturated carbocycles. The van der Waals surface area contributed by atoms with Gasteiger partial charge in [-0.15, -0.1) is 0 Å². The molecule has 0 fully saturated rings. The van der Waals surface area contributed by atoms with Crippen molar-refractivity contribution in [3.8, 4) is 0 Å². The van der Waals surface area contributed by atoms with Gasteiger partial charge in [0.05, 0.1) is 0 Å². The molecule has 0 atom stereocenters. The Morgan fingerprint density at radius 1 is 1.00 bits per heavy atom. The fraction of sp³-hybridized carbons (Fsp3) is 1.00. The third-order valence-corrected chi connectivity index (χ3v) is 0. The molecule has 0 radical (unpaired) electrons. The summed E-state index contributed by atoms with van der Waals surface area (Å²) in [6.07, 6.45) is 0. The molecule has 0 aliphatic heterocycles. The van der Waals surface area contributed by atoms with Crippen LogP contribution in [0.1, 0.15) is 0 Å². The van der Waals surface area contributed by atoms with E-state index in [0.29, 0.717) is 0 Å². The van der Waals surface area contributed by atoms with Gasteiger partial charge in [0.1, 0.15) is 0 Å². The molecule has 0 saturated heterocycles. The van der Waals surface area contributed by atoms with Crippen LogP contribution in [-0.4, -0.2) is 102 Å². The van der Waals surface area contributed by atoms with E-state index in [2.05, 4.69) is 0 Å². The van der Waals surface area contributed by atoms with Gasteiger partial charge >= 0.3 is 83.3 Å². The Hall–Kier alpha value is 2.59. The van der Waals surface area contributed by atoms with Crippen molar-refractivity contribution in [2.24, 2.45) is 0 Å². The van der Waals surface area contributed by atoms with Crippen LogP contribution in [0.2, 0.25) is 0 Å². The Kier molecular flexibility index (Phi) is 33.1. The van der Waals surface area contributed by atoms with Gasteiger partial charge in [-0.3, -0.25) is 0 Å². The van der Waals surface area contributed by atoms with Crippen LogP contribution in [0.25, 0.3) is 0 Å². The molecular weight excluding hydrogens is 203 g/mol. The second-order valence-electron chi connectivity index (χ2n) is 0.513. The maximum absolute atomic E-state index is 8.88. The Morgan fingerprint density at radius 3 is 1.00 bits per heavy atom. The van der Waals surface area contributed by atoms with E-state index in [1.807, 2.05) is 0 Å². The van der Waals surface area contributed by atoms with Crippen molar-refractivity contribution in [3.05, 3.63) is 0 Å². The van der Waals surface area contributed by atoms with E-state index in [1.165, 1.54) is 0 Å². The number of hydrogen-bond acceptors (Lipinski definition) is 2. The van der Waals surface area contributed by atoms with Crippen molar-refractivity contribution in [3.63, 3.8) is 0 Å². The summed E-state index contributed by atoms with van der Waals surface area (Å²) in [6, 6.07) is 0. The fourth-order valence-corrected chi connectivity index (χ4v) is 0. The molecule has 0 rings (SSSR count). The zero-order valence-corrected chi connectivity index (χ0v) is 4.54. The van der Waals surface area contributed by atoms with Crippen LogP contribution in [0.5, 0.6) is 0 Å². The first-order valence-electron chi connectivity index (χ1n) is 1.23. The van der Waals surface area contributed by atoms with Crippen molar-refractivity contribution >= 4 is 83.3 Å². The normalized spacial score (nSPS) is 7.22. The Morgan fingerprint density at radius 2 is 1.00 bits per heavy atom. The summed E-state index contributed by atoms with van der Waals surface area (Å²) in [5.41, 5.74) is 0. The zero-order valence-electron chi connectivity index (χ0n) is 3.64. The van der Waals surface area contributed by atoms with Gasteiger partial charge in [0.2, 0.25) is 0 Å². The van der Waals surface area contributed by atoms with E-state index >= 15 is 0 Å². The summed E-state index contributed by atoms with van der Waals surface area (Å²) in [6.45, 7) is 0. The van der Waals surface area contributed by atoms with Crippen LogP contribution in [0.3, 0.4) is 0 Å². The average Bonchev–Trinajstić information content (AvgIpc) is 1.36. The molecule has 0 amide bonds. The Balaban J connectivity index is -0.0000000286. The molecular formula is CH11Ca2O5P. The Labute approximate surface area is 113 Å². The Bertz CT molecular complexity index is 61.1. The third kappa shape index (κ3) is 117. The van der Waals surface area contributed by atoms with Gasteiger partial charge in [-0.1, -0.05) is 0 Å². The van der Waals surface area contributed by atoms with Crippen LogP contribution in [0, 0.1) is 0 Å². The number of rotatable bonds is 0. The van der Waals surface area contributed by atoms with Crippen molar-refractivity contribution < 1.29 is 24.4 Å².